The fourth-order valence-electron chi connectivity index (χ4n) is 7.66. The molecule has 2 saturated carbocycles. The molecular formula is C25H28O8. The van der Waals surface area contributed by atoms with Gasteiger partial charge in [-0.25, -0.2) is 0 Å². The highest BCUT2D eigenvalue weighted by atomic mass is 16.6. The Balaban J connectivity index is 1.64. The van der Waals surface area contributed by atoms with E-state index >= 15 is 0 Å². The Labute approximate surface area is 191 Å². The van der Waals surface area contributed by atoms with Crippen LogP contribution in [0, 0.1) is 28.1 Å². The first-order valence-corrected chi connectivity index (χ1v) is 11.7. The molecule has 6 aliphatic rings. The summed E-state index contributed by atoms with van der Waals surface area (Å²) in [6.07, 6.45) is 0.360. The Morgan fingerprint density at radius 1 is 1.18 bits per heavy atom. The van der Waals surface area contributed by atoms with Gasteiger partial charge in [-0.2, -0.15) is 0 Å². The van der Waals surface area contributed by atoms with E-state index in [4.69, 9.17) is 18.9 Å². The van der Waals surface area contributed by atoms with E-state index in [1.54, 1.807) is 0 Å². The molecule has 2 aliphatic heterocycles. The van der Waals surface area contributed by atoms with Crippen LogP contribution in [0.4, 0.5) is 0 Å². The van der Waals surface area contributed by atoms with E-state index in [0.717, 1.165) is 0 Å². The SMILES string of the molecule is COC[C@H]1OC(=O)C23CC2COC2=C3[C@@]1(C)C1=C(C2=O)[C@@H]2CCC(=O)[C@@]2(C)C[C@H]1OC(C)=O. The van der Waals surface area contributed by atoms with Crippen LogP contribution in [-0.2, 0) is 38.1 Å². The minimum atomic E-state index is -0.926. The second kappa shape index (κ2) is 6.34. The summed E-state index contributed by atoms with van der Waals surface area (Å²) in [5.41, 5.74) is -0.740. The summed E-state index contributed by atoms with van der Waals surface area (Å²) in [7, 11) is 1.54. The van der Waals surface area contributed by atoms with Crippen LogP contribution in [-0.4, -0.2) is 56.0 Å². The van der Waals surface area contributed by atoms with Crippen molar-refractivity contribution in [2.24, 2.45) is 28.1 Å². The number of hydrogen-bond donors (Lipinski definition) is 0. The molecule has 0 amide bonds. The average molecular weight is 456 g/mol. The highest BCUT2D eigenvalue weighted by Gasteiger charge is 2.77. The number of ketones is 2. The maximum absolute atomic E-state index is 14.0. The van der Waals surface area contributed by atoms with Crippen molar-refractivity contribution < 1.29 is 38.1 Å². The van der Waals surface area contributed by atoms with Crippen molar-refractivity contribution in [3.8, 4) is 0 Å². The first-order chi connectivity index (χ1) is 15.6. The van der Waals surface area contributed by atoms with Gasteiger partial charge in [0, 0.05) is 55.3 Å². The number of methoxy groups -OCH3 is 1. The summed E-state index contributed by atoms with van der Waals surface area (Å²) in [4.78, 5) is 52.4. The topological polar surface area (TPSA) is 105 Å². The molecule has 8 heteroatoms. The van der Waals surface area contributed by atoms with Crippen LogP contribution in [0.25, 0.3) is 0 Å². The van der Waals surface area contributed by atoms with Gasteiger partial charge in [-0.3, -0.25) is 19.2 Å². The molecule has 0 radical (unpaired) electrons. The van der Waals surface area contributed by atoms with Gasteiger partial charge in [0.05, 0.1) is 18.6 Å². The first-order valence-electron chi connectivity index (χ1n) is 11.7. The van der Waals surface area contributed by atoms with E-state index in [1.165, 1.54) is 14.0 Å². The molecule has 2 unspecified atom stereocenters. The van der Waals surface area contributed by atoms with Crippen LogP contribution in [0.3, 0.4) is 0 Å². The number of fused-ring (bicyclic) bond motifs is 3. The number of hydrogen-bond acceptors (Lipinski definition) is 8. The second-order valence-corrected chi connectivity index (χ2v) is 10.8. The molecule has 3 fully saturated rings. The van der Waals surface area contributed by atoms with E-state index in [-0.39, 0.29) is 41.7 Å². The average Bonchev–Trinajstić information content (AvgIpc) is 3.42. The number of ether oxygens (including phenoxy) is 4. The van der Waals surface area contributed by atoms with Crippen molar-refractivity contribution in [1.29, 1.82) is 0 Å². The smallest absolute Gasteiger partial charge is 0.317 e. The van der Waals surface area contributed by atoms with E-state index in [9.17, 15) is 19.2 Å². The largest absolute Gasteiger partial charge is 0.489 e. The Bertz CT molecular complexity index is 1100. The maximum atomic E-state index is 14.0. The first kappa shape index (κ1) is 21.1. The van der Waals surface area contributed by atoms with Gasteiger partial charge in [-0.15, -0.1) is 0 Å². The molecule has 1 spiro atoms. The minimum absolute atomic E-state index is 0.0318. The predicted molar refractivity (Wildman–Crippen MR) is 111 cm³/mol. The van der Waals surface area contributed by atoms with Gasteiger partial charge >= 0.3 is 11.9 Å². The minimum Gasteiger partial charge on any atom is -0.489 e. The lowest BCUT2D eigenvalue weighted by atomic mass is 9.52. The number of Topliss-reactive ketones (excluding diaryl/α,β-unsaturated/α-hetero) is 2. The summed E-state index contributed by atoms with van der Waals surface area (Å²) in [5, 5.41) is 0. The molecule has 8 nitrogen and oxygen atoms in total. The van der Waals surface area contributed by atoms with Crippen molar-refractivity contribution in [2.45, 2.75) is 58.7 Å². The van der Waals surface area contributed by atoms with Crippen LogP contribution < -0.4 is 0 Å². The van der Waals surface area contributed by atoms with Crippen molar-refractivity contribution in [3.05, 3.63) is 22.5 Å². The molecule has 0 bridgehead atoms. The van der Waals surface area contributed by atoms with E-state index in [2.05, 4.69) is 0 Å². The van der Waals surface area contributed by atoms with E-state index < -0.39 is 34.4 Å². The zero-order chi connectivity index (χ0) is 23.5. The van der Waals surface area contributed by atoms with Crippen molar-refractivity contribution in [3.63, 3.8) is 0 Å². The Morgan fingerprint density at radius 2 is 1.94 bits per heavy atom. The number of allylic oxidation sites excluding steroid dienone is 1. The van der Waals surface area contributed by atoms with Gasteiger partial charge in [0.1, 0.15) is 23.4 Å². The second-order valence-electron chi connectivity index (χ2n) is 10.8. The number of rotatable bonds is 3. The molecule has 4 aliphatic carbocycles. The Kier molecular flexibility index (Phi) is 4.05. The summed E-state index contributed by atoms with van der Waals surface area (Å²) in [5.74, 6) is -1.09. The van der Waals surface area contributed by atoms with Gasteiger partial charge in [0.15, 0.2) is 5.76 Å². The quantitative estimate of drug-likeness (QED) is 0.595. The number of cyclic esters (lactones) is 1. The van der Waals surface area contributed by atoms with Crippen LogP contribution in [0.2, 0.25) is 0 Å². The molecule has 0 aromatic carbocycles. The van der Waals surface area contributed by atoms with Gasteiger partial charge in [0.25, 0.3) is 0 Å². The summed E-state index contributed by atoms with van der Waals surface area (Å²) >= 11 is 0. The number of carbonyl (C=O) groups excluding carboxylic acids is 4. The zero-order valence-corrected chi connectivity index (χ0v) is 19.3. The number of esters is 2. The van der Waals surface area contributed by atoms with Gasteiger partial charge in [0.2, 0.25) is 5.78 Å². The predicted octanol–water partition coefficient (Wildman–Crippen LogP) is 2.06. The molecule has 1 saturated heterocycles. The summed E-state index contributed by atoms with van der Waals surface area (Å²) in [6, 6.07) is 0. The molecule has 176 valence electrons. The molecule has 7 atom stereocenters. The normalized spacial score (nSPS) is 44.9. The van der Waals surface area contributed by atoms with Crippen molar-refractivity contribution >= 4 is 23.5 Å². The molecular weight excluding hydrogens is 428 g/mol. The fraction of sp³-hybridized carbons (Fsp3) is 0.680. The fourth-order valence-corrected chi connectivity index (χ4v) is 7.66. The molecule has 6 rings (SSSR count). The van der Waals surface area contributed by atoms with Gasteiger partial charge in [-0.1, -0.05) is 6.92 Å². The highest BCUT2D eigenvalue weighted by molar-refractivity contribution is 6.13. The third-order valence-corrected chi connectivity index (χ3v) is 9.26. The highest BCUT2D eigenvalue weighted by Crippen LogP contribution is 2.73. The van der Waals surface area contributed by atoms with Gasteiger partial charge < -0.3 is 18.9 Å². The summed E-state index contributed by atoms with van der Waals surface area (Å²) < 4.78 is 23.3. The maximum Gasteiger partial charge on any atom is 0.317 e. The Morgan fingerprint density at radius 3 is 2.64 bits per heavy atom. The van der Waals surface area contributed by atoms with Crippen molar-refractivity contribution in [1.82, 2.24) is 0 Å². The lowest BCUT2D eigenvalue weighted by Gasteiger charge is -2.56. The zero-order valence-electron chi connectivity index (χ0n) is 19.3. The van der Waals surface area contributed by atoms with E-state index in [0.29, 0.717) is 49.0 Å². The van der Waals surface area contributed by atoms with Crippen LogP contribution >= 0.6 is 0 Å². The third-order valence-electron chi connectivity index (χ3n) is 9.26. The molecule has 0 aromatic rings. The van der Waals surface area contributed by atoms with Crippen LogP contribution in [0.1, 0.15) is 46.5 Å². The third kappa shape index (κ3) is 2.30. The van der Waals surface area contributed by atoms with E-state index in [1.807, 2.05) is 13.8 Å². The molecule has 0 aromatic heterocycles. The van der Waals surface area contributed by atoms with Crippen molar-refractivity contribution in [2.75, 3.05) is 20.3 Å². The number of carbonyl (C=O) groups is 4. The lowest BCUT2D eigenvalue weighted by Crippen LogP contribution is -2.60. The Hall–Kier alpha value is -2.48. The van der Waals surface area contributed by atoms with Crippen LogP contribution in [0.5, 0.6) is 0 Å². The summed E-state index contributed by atoms with van der Waals surface area (Å²) in [6.45, 7) is 5.58. The standard InChI is InChI=1S/C25H28O8/c1-11(26)32-14-8-23(2)13(5-6-15(23)27)17-18(14)24(3)16(10-30-4)33-22(29)25-7-12(25)9-31-20(19(17)28)21(24)25/h12-14,16H,5-10H2,1-4H3/t12?,13-,14+,16+,23-,24+,25?/m0/s1. The van der Waals surface area contributed by atoms with Gasteiger partial charge in [-0.05, 0) is 25.3 Å². The molecule has 0 N–H and O–H groups in total. The van der Waals surface area contributed by atoms with Crippen LogP contribution in [0.15, 0.2) is 22.5 Å². The molecule has 33 heavy (non-hydrogen) atoms. The monoisotopic (exact) mass is 456 g/mol. The lowest BCUT2D eigenvalue weighted by molar-refractivity contribution is -0.176. The molecule has 2 heterocycles.